The number of alkyl halides is 3. The minimum absolute atomic E-state index is 0.419. The molecule has 0 saturated carbocycles. The number of carbonyl (C=O) groups is 1. The molecule has 1 rings (SSSR count). The molecule has 7 heteroatoms. The van der Waals surface area contributed by atoms with Crippen LogP contribution in [0, 0.1) is 4.91 Å². The molecule has 0 bridgehead atoms. The van der Waals surface area contributed by atoms with E-state index in [-0.39, 0.29) is 0 Å². The van der Waals surface area contributed by atoms with Crippen LogP contribution in [0.15, 0.2) is 23.4 Å². The maximum absolute atomic E-state index is 12.2. The van der Waals surface area contributed by atoms with Crippen molar-refractivity contribution >= 4 is 11.7 Å². The molecule has 0 spiro atoms. The van der Waals surface area contributed by atoms with E-state index in [1.54, 1.807) is 0 Å². The normalized spacial score (nSPS) is 11.1. The van der Waals surface area contributed by atoms with Crippen molar-refractivity contribution in [3.63, 3.8) is 0 Å². The molecule has 0 radical (unpaired) electrons. The van der Waals surface area contributed by atoms with E-state index in [0.717, 1.165) is 6.07 Å². The zero-order valence-corrected chi connectivity index (χ0v) is 7.08. The summed E-state index contributed by atoms with van der Waals surface area (Å²) in [5.74, 6) is -1.42. The van der Waals surface area contributed by atoms with Crippen molar-refractivity contribution in [1.29, 1.82) is 0 Å². The van der Waals surface area contributed by atoms with E-state index in [2.05, 4.69) is 5.18 Å². The van der Waals surface area contributed by atoms with Gasteiger partial charge in [-0.05, 0) is 23.4 Å². The number of rotatable bonds is 2. The molecule has 0 aliphatic carbocycles. The molecule has 0 heterocycles. The Morgan fingerprint density at radius 1 is 1.33 bits per heavy atom. The van der Waals surface area contributed by atoms with Crippen molar-refractivity contribution < 1.29 is 23.1 Å². The van der Waals surface area contributed by atoms with Gasteiger partial charge in [0.15, 0.2) is 0 Å². The van der Waals surface area contributed by atoms with E-state index in [9.17, 15) is 22.9 Å². The molecule has 0 unspecified atom stereocenters. The molecule has 0 fully saturated rings. The zero-order valence-electron chi connectivity index (χ0n) is 7.08. The second kappa shape index (κ2) is 3.68. The van der Waals surface area contributed by atoms with Gasteiger partial charge in [-0.15, -0.1) is 4.91 Å². The molecule has 80 valence electrons. The third-order valence-corrected chi connectivity index (χ3v) is 1.65. The summed E-state index contributed by atoms with van der Waals surface area (Å²) in [5, 5.41) is 10.6. The van der Waals surface area contributed by atoms with E-state index >= 15 is 0 Å². The van der Waals surface area contributed by atoms with Crippen molar-refractivity contribution in [2.24, 2.45) is 5.18 Å². The van der Waals surface area contributed by atoms with Gasteiger partial charge in [0.2, 0.25) is 0 Å². The number of nitrogens with zero attached hydrogens (tertiary/aromatic N) is 1. The van der Waals surface area contributed by atoms with Crippen LogP contribution >= 0.6 is 0 Å². The van der Waals surface area contributed by atoms with Gasteiger partial charge in [-0.25, -0.2) is 4.79 Å². The van der Waals surface area contributed by atoms with Crippen LogP contribution in [0.25, 0.3) is 0 Å². The molecule has 0 atom stereocenters. The molecule has 1 aromatic rings. The van der Waals surface area contributed by atoms with E-state index in [0.29, 0.717) is 12.1 Å². The summed E-state index contributed by atoms with van der Waals surface area (Å²) in [6.07, 6.45) is -4.72. The van der Waals surface area contributed by atoms with Gasteiger partial charge in [0.25, 0.3) is 0 Å². The number of benzene rings is 1. The fourth-order valence-corrected chi connectivity index (χ4v) is 0.980. The first-order chi connectivity index (χ1) is 6.86. The summed E-state index contributed by atoms with van der Waals surface area (Å²) in [7, 11) is 0. The molecule has 0 aliphatic rings. The van der Waals surface area contributed by atoms with Gasteiger partial charge in [0.1, 0.15) is 5.69 Å². The second-order valence-electron chi connectivity index (χ2n) is 2.63. The lowest BCUT2D eigenvalue weighted by atomic mass is 10.1. The average molecular weight is 219 g/mol. The first-order valence-electron chi connectivity index (χ1n) is 3.64. The summed E-state index contributed by atoms with van der Waals surface area (Å²) in [4.78, 5) is 20.5. The van der Waals surface area contributed by atoms with Gasteiger partial charge in [-0.3, -0.25) is 0 Å². The first kappa shape index (κ1) is 11.2. The van der Waals surface area contributed by atoms with Gasteiger partial charge >= 0.3 is 12.1 Å². The Morgan fingerprint density at radius 2 is 1.93 bits per heavy atom. The van der Waals surface area contributed by atoms with Crippen LogP contribution in [0.1, 0.15) is 15.9 Å². The maximum Gasteiger partial charge on any atom is 0.418 e. The van der Waals surface area contributed by atoms with Crippen molar-refractivity contribution in [2.75, 3.05) is 0 Å². The summed E-state index contributed by atoms with van der Waals surface area (Å²) in [6.45, 7) is 0. The molecule has 0 saturated heterocycles. The van der Waals surface area contributed by atoms with Crippen LogP contribution < -0.4 is 0 Å². The highest BCUT2D eigenvalue weighted by Crippen LogP contribution is 2.36. The van der Waals surface area contributed by atoms with Crippen LogP contribution in [0.3, 0.4) is 0 Å². The number of hydrogen-bond donors (Lipinski definition) is 1. The number of carboxylic acids is 1. The predicted octanol–water partition coefficient (Wildman–Crippen LogP) is 2.80. The van der Waals surface area contributed by atoms with Crippen LogP contribution in [0.5, 0.6) is 0 Å². The molecule has 4 nitrogen and oxygen atoms in total. The van der Waals surface area contributed by atoms with Gasteiger partial charge in [-0.2, -0.15) is 13.2 Å². The Bertz CT molecular complexity index is 414. The lowest BCUT2D eigenvalue weighted by Gasteiger charge is -2.08. The van der Waals surface area contributed by atoms with Crippen molar-refractivity contribution in [3.8, 4) is 0 Å². The smallest absolute Gasteiger partial charge is 0.418 e. The van der Waals surface area contributed by atoms with Crippen LogP contribution in [0.4, 0.5) is 18.9 Å². The summed E-state index contributed by atoms with van der Waals surface area (Å²) in [5.41, 5.74) is -2.59. The van der Waals surface area contributed by atoms with Gasteiger partial charge < -0.3 is 5.11 Å². The second-order valence-corrected chi connectivity index (χ2v) is 2.63. The summed E-state index contributed by atoms with van der Waals surface area (Å²) in [6, 6.07) is 1.86. The fourth-order valence-electron chi connectivity index (χ4n) is 0.980. The number of carboxylic acid groups (broad SMARTS) is 1. The lowest BCUT2D eigenvalue weighted by Crippen LogP contribution is -2.06. The maximum atomic E-state index is 12.2. The highest BCUT2D eigenvalue weighted by atomic mass is 19.4. The highest BCUT2D eigenvalue weighted by molar-refractivity contribution is 5.88. The third kappa shape index (κ3) is 2.30. The van der Waals surface area contributed by atoms with Crippen LogP contribution in [0.2, 0.25) is 0 Å². The standard InChI is InChI=1S/C8H4F3NO3/c9-8(10,11)5-2-1-4(7(13)14)3-6(5)12-15/h1-3H,(H,13,14). The van der Waals surface area contributed by atoms with Crippen molar-refractivity contribution in [1.82, 2.24) is 0 Å². The number of hydrogen-bond acceptors (Lipinski definition) is 3. The fraction of sp³-hybridized carbons (Fsp3) is 0.125. The largest absolute Gasteiger partial charge is 0.478 e. The molecule has 0 aromatic heterocycles. The highest BCUT2D eigenvalue weighted by Gasteiger charge is 2.34. The number of aromatic carboxylic acids is 1. The molecule has 0 amide bonds. The van der Waals surface area contributed by atoms with Crippen LogP contribution in [-0.4, -0.2) is 11.1 Å². The van der Waals surface area contributed by atoms with Gasteiger partial charge in [0, 0.05) is 0 Å². The van der Waals surface area contributed by atoms with Crippen molar-refractivity contribution in [2.45, 2.75) is 6.18 Å². The SMILES string of the molecule is O=Nc1cc(C(=O)O)ccc1C(F)(F)F. The minimum atomic E-state index is -4.72. The summed E-state index contributed by atoms with van der Waals surface area (Å²) >= 11 is 0. The van der Waals surface area contributed by atoms with E-state index in [4.69, 9.17) is 5.11 Å². The molecule has 0 aliphatic heterocycles. The van der Waals surface area contributed by atoms with Crippen molar-refractivity contribution in [3.05, 3.63) is 34.2 Å². The predicted molar refractivity (Wildman–Crippen MR) is 43.9 cm³/mol. The van der Waals surface area contributed by atoms with Crippen LogP contribution in [-0.2, 0) is 6.18 Å². The Kier molecular flexibility index (Phi) is 2.74. The lowest BCUT2D eigenvalue weighted by molar-refractivity contribution is -0.137. The molecular weight excluding hydrogens is 215 g/mol. The third-order valence-electron chi connectivity index (χ3n) is 1.65. The van der Waals surface area contributed by atoms with E-state index in [1.807, 2.05) is 0 Å². The summed E-state index contributed by atoms with van der Waals surface area (Å²) < 4.78 is 36.7. The molecule has 15 heavy (non-hydrogen) atoms. The average Bonchev–Trinajstić information content (AvgIpc) is 2.15. The number of nitroso groups, excluding NO2 is 1. The molecular formula is C8H4F3NO3. The monoisotopic (exact) mass is 219 g/mol. The first-order valence-corrected chi connectivity index (χ1v) is 3.64. The zero-order chi connectivity index (χ0) is 11.6. The van der Waals surface area contributed by atoms with E-state index < -0.39 is 29.0 Å². The Balaban J connectivity index is 3.33. The number of halogens is 3. The molecule has 1 aromatic carbocycles. The minimum Gasteiger partial charge on any atom is -0.478 e. The Labute approximate surface area is 81.3 Å². The van der Waals surface area contributed by atoms with Gasteiger partial charge in [0.05, 0.1) is 11.1 Å². The van der Waals surface area contributed by atoms with E-state index in [1.165, 1.54) is 0 Å². The topological polar surface area (TPSA) is 66.7 Å². The quantitative estimate of drug-likeness (QED) is 0.777. The Hall–Kier alpha value is -1.92. The van der Waals surface area contributed by atoms with Gasteiger partial charge in [-0.1, -0.05) is 0 Å². The molecule has 1 N–H and O–H groups in total. The Morgan fingerprint density at radius 3 is 2.33 bits per heavy atom.